The van der Waals surface area contributed by atoms with Crippen molar-refractivity contribution in [1.29, 1.82) is 0 Å². The molecule has 0 saturated heterocycles. The lowest BCUT2D eigenvalue weighted by Crippen LogP contribution is -2.45. The number of esters is 2. The standard InChI is InChI=1S/C19H26ClNO5/c1-4-6-7-11-17(22)26-12-16(19(24)25-5-2)21-18(23)14-9-8-10-15(20)13(14)3/h8-10,16H,4-7,11-12H2,1-3H3,(H,21,23). The summed E-state index contributed by atoms with van der Waals surface area (Å²) in [4.78, 5) is 36.3. The van der Waals surface area contributed by atoms with Gasteiger partial charge in [-0.15, -0.1) is 0 Å². The van der Waals surface area contributed by atoms with Gasteiger partial charge in [-0.05, 0) is 38.0 Å². The summed E-state index contributed by atoms with van der Waals surface area (Å²) in [6, 6.07) is 3.86. The fraction of sp³-hybridized carbons (Fsp3) is 0.526. The van der Waals surface area contributed by atoms with Crippen molar-refractivity contribution < 1.29 is 23.9 Å². The molecular formula is C19H26ClNO5. The molecule has 144 valence electrons. The van der Waals surface area contributed by atoms with E-state index in [0.717, 1.165) is 19.3 Å². The average molecular weight is 384 g/mol. The van der Waals surface area contributed by atoms with Crippen molar-refractivity contribution in [3.63, 3.8) is 0 Å². The Balaban J connectivity index is 2.74. The third-order valence-corrected chi connectivity index (χ3v) is 4.19. The van der Waals surface area contributed by atoms with Crippen molar-refractivity contribution in [2.24, 2.45) is 0 Å². The van der Waals surface area contributed by atoms with Gasteiger partial charge in [0.1, 0.15) is 6.61 Å². The number of amides is 1. The first-order valence-electron chi connectivity index (χ1n) is 8.78. The number of carbonyl (C=O) groups is 3. The minimum Gasteiger partial charge on any atom is -0.464 e. The maximum Gasteiger partial charge on any atom is 0.332 e. The van der Waals surface area contributed by atoms with Gasteiger partial charge < -0.3 is 14.8 Å². The molecule has 0 spiro atoms. The van der Waals surface area contributed by atoms with Crippen LogP contribution in [0.15, 0.2) is 18.2 Å². The summed E-state index contributed by atoms with van der Waals surface area (Å²) in [7, 11) is 0. The number of ether oxygens (including phenoxy) is 2. The van der Waals surface area contributed by atoms with E-state index in [1.807, 2.05) is 6.92 Å². The molecule has 7 heteroatoms. The fourth-order valence-electron chi connectivity index (χ4n) is 2.27. The molecule has 1 amide bonds. The fourth-order valence-corrected chi connectivity index (χ4v) is 2.44. The number of hydrogen-bond donors (Lipinski definition) is 1. The van der Waals surface area contributed by atoms with Crippen LogP contribution in [0.4, 0.5) is 0 Å². The highest BCUT2D eigenvalue weighted by atomic mass is 35.5. The van der Waals surface area contributed by atoms with Gasteiger partial charge >= 0.3 is 11.9 Å². The largest absolute Gasteiger partial charge is 0.464 e. The van der Waals surface area contributed by atoms with Crippen LogP contribution in [0.2, 0.25) is 5.02 Å². The van der Waals surface area contributed by atoms with Crippen LogP contribution in [-0.2, 0) is 19.1 Å². The van der Waals surface area contributed by atoms with Crippen molar-refractivity contribution in [3.8, 4) is 0 Å². The van der Waals surface area contributed by atoms with E-state index in [-0.39, 0.29) is 19.6 Å². The number of hydrogen-bond acceptors (Lipinski definition) is 5. The molecule has 0 aliphatic carbocycles. The molecule has 1 aromatic rings. The average Bonchev–Trinajstić information content (AvgIpc) is 2.61. The highest BCUT2D eigenvalue weighted by Crippen LogP contribution is 2.18. The van der Waals surface area contributed by atoms with Gasteiger partial charge in [-0.2, -0.15) is 0 Å². The molecule has 0 saturated carbocycles. The predicted octanol–water partition coefficient (Wildman–Crippen LogP) is 3.43. The second-order valence-corrected chi connectivity index (χ2v) is 6.24. The second kappa shape index (κ2) is 11.5. The molecule has 0 bridgehead atoms. The molecule has 1 N–H and O–H groups in total. The van der Waals surface area contributed by atoms with E-state index >= 15 is 0 Å². The van der Waals surface area contributed by atoms with E-state index in [4.69, 9.17) is 21.1 Å². The van der Waals surface area contributed by atoms with Crippen molar-refractivity contribution in [3.05, 3.63) is 34.3 Å². The van der Waals surface area contributed by atoms with Gasteiger partial charge in [-0.1, -0.05) is 37.4 Å². The van der Waals surface area contributed by atoms with E-state index in [0.29, 0.717) is 16.1 Å². The number of unbranched alkanes of at least 4 members (excludes halogenated alkanes) is 2. The third-order valence-electron chi connectivity index (χ3n) is 3.78. The summed E-state index contributed by atoms with van der Waals surface area (Å²) in [5, 5.41) is 3.01. The van der Waals surface area contributed by atoms with Gasteiger partial charge in [0.05, 0.1) is 6.61 Å². The Kier molecular flexibility index (Phi) is 9.73. The summed E-state index contributed by atoms with van der Waals surface area (Å²) in [5.41, 5.74) is 0.951. The molecule has 0 aliphatic rings. The van der Waals surface area contributed by atoms with Gasteiger partial charge in [-0.25, -0.2) is 4.79 Å². The molecule has 0 heterocycles. The molecule has 0 aromatic heterocycles. The Labute approximate surface area is 159 Å². The molecule has 1 atom stereocenters. The number of carbonyl (C=O) groups excluding carboxylic acids is 3. The van der Waals surface area contributed by atoms with Crippen molar-refractivity contribution >= 4 is 29.4 Å². The summed E-state index contributed by atoms with van der Waals surface area (Å²) in [6.07, 6.45) is 2.94. The molecule has 6 nitrogen and oxygen atoms in total. The zero-order valence-corrected chi connectivity index (χ0v) is 16.2. The van der Waals surface area contributed by atoms with Crippen LogP contribution >= 0.6 is 11.6 Å². The van der Waals surface area contributed by atoms with Gasteiger partial charge in [0.2, 0.25) is 0 Å². The van der Waals surface area contributed by atoms with Gasteiger partial charge in [0.25, 0.3) is 5.91 Å². The first-order valence-corrected chi connectivity index (χ1v) is 9.16. The quantitative estimate of drug-likeness (QED) is 0.494. The summed E-state index contributed by atoms with van der Waals surface area (Å²) < 4.78 is 10.1. The third kappa shape index (κ3) is 7.04. The zero-order valence-electron chi connectivity index (χ0n) is 15.5. The van der Waals surface area contributed by atoms with Crippen molar-refractivity contribution in [1.82, 2.24) is 5.32 Å². The summed E-state index contributed by atoms with van der Waals surface area (Å²) in [5.74, 6) is -1.53. The molecule has 0 aliphatic heterocycles. The normalized spacial score (nSPS) is 11.5. The van der Waals surface area contributed by atoms with Crippen LogP contribution in [0.1, 0.15) is 55.5 Å². The summed E-state index contributed by atoms with van der Waals surface area (Å²) in [6.45, 7) is 5.30. The monoisotopic (exact) mass is 383 g/mol. The van der Waals surface area contributed by atoms with Crippen LogP contribution in [0, 0.1) is 6.92 Å². The topological polar surface area (TPSA) is 81.7 Å². The summed E-state index contributed by atoms with van der Waals surface area (Å²) >= 11 is 6.03. The lowest BCUT2D eigenvalue weighted by atomic mass is 10.1. The van der Waals surface area contributed by atoms with Gasteiger partial charge in [0.15, 0.2) is 6.04 Å². The first-order chi connectivity index (χ1) is 12.4. The van der Waals surface area contributed by atoms with E-state index < -0.39 is 23.9 Å². The zero-order chi connectivity index (χ0) is 19.5. The maximum atomic E-state index is 12.5. The number of halogens is 1. The van der Waals surface area contributed by atoms with Crippen LogP contribution < -0.4 is 5.32 Å². The molecule has 0 fully saturated rings. The number of benzene rings is 1. The Bertz CT molecular complexity index is 632. The minimum absolute atomic E-state index is 0.159. The second-order valence-electron chi connectivity index (χ2n) is 5.83. The molecular weight excluding hydrogens is 358 g/mol. The first kappa shape index (κ1) is 22.0. The van der Waals surface area contributed by atoms with Crippen LogP contribution in [0.3, 0.4) is 0 Å². The number of rotatable bonds is 10. The Hall–Kier alpha value is -2.08. The lowest BCUT2D eigenvalue weighted by Gasteiger charge is -2.18. The van der Waals surface area contributed by atoms with E-state index in [9.17, 15) is 14.4 Å². The van der Waals surface area contributed by atoms with Crippen molar-refractivity contribution in [2.45, 2.75) is 52.5 Å². The van der Waals surface area contributed by atoms with E-state index in [1.54, 1.807) is 32.0 Å². The van der Waals surface area contributed by atoms with Gasteiger partial charge in [0, 0.05) is 17.0 Å². The Morgan fingerprint density at radius 1 is 1.15 bits per heavy atom. The molecule has 1 unspecified atom stereocenters. The maximum absolute atomic E-state index is 12.5. The highest BCUT2D eigenvalue weighted by molar-refractivity contribution is 6.31. The number of nitrogens with one attached hydrogen (secondary N) is 1. The lowest BCUT2D eigenvalue weighted by molar-refractivity contribution is -0.151. The molecule has 1 rings (SSSR count). The van der Waals surface area contributed by atoms with Crippen LogP contribution in [0.5, 0.6) is 0 Å². The van der Waals surface area contributed by atoms with E-state index in [1.165, 1.54) is 0 Å². The van der Waals surface area contributed by atoms with Crippen molar-refractivity contribution in [2.75, 3.05) is 13.2 Å². The van der Waals surface area contributed by atoms with Crippen LogP contribution in [0.25, 0.3) is 0 Å². The molecule has 0 radical (unpaired) electrons. The van der Waals surface area contributed by atoms with Gasteiger partial charge in [-0.3, -0.25) is 9.59 Å². The highest BCUT2D eigenvalue weighted by Gasteiger charge is 2.25. The SMILES string of the molecule is CCCCCC(=O)OCC(NC(=O)c1cccc(Cl)c1C)C(=O)OCC. The van der Waals surface area contributed by atoms with Crippen LogP contribution in [-0.4, -0.2) is 37.1 Å². The van der Waals surface area contributed by atoms with E-state index in [2.05, 4.69) is 5.32 Å². The Morgan fingerprint density at radius 2 is 1.88 bits per heavy atom. The predicted molar refractivity (Wildman–Crippen MR) is 99.2 cm³/mol. The molecule has 26 heavy (non-hydrogen) atoms. The smallest absolute Gasteiger partial charge is 0.332 e. The molecule has 1 aromatic carbocycles. The minimum atomic E-state index is -1.07. The Morgan fingerprint density at radius 3 is 2.54 bits per heavy atom.